The largest absolute Gasteiger partial charge is 0.379 e. The molecule has 0 spiro atoms. The Bertz CT molecular complexity index is 430. The fraction of sp³-hybridized carbons (Fsp3) is 0.692. The molecule has 0 aliphatic carbocycles. The molecule has 0 amide bonds. The molecule has 0 saturated carbocycles. The molecule has 5 heteroatoms. The van der Waals surface area contributed by atoms with Crippen LogP contribution in [0.1, 0.15) is 35.3 Å². The lowest BCUT2D eigenvalue weighted by Crippen LogP contribution is -2.37. The van der Waals surface area contributed by atoms with Gasteiger partial charge >= 0.3 is 0 Å². The van der Waals surface area contributed by atoms with Crippen molar-refractivity contribution in [1.29, 1.82) is 5.26 Å². The van der Waals surface area contributed by atoms with E-state index in [2.05, 4.69) is 29.8 Å². The van der Waals surface area contributed by atoms with Gasteiger partial charge in [-0.05, 0) is 5.92 Å². The summed E-state index contributed by atoms with van der Waals surface area (Å²) in [6, 6.07) is 2.26. The molecule has 0 bridgehead atoms. The summed E-state index contributed by atoms with van der Waals surface area (Å²) in [6.07, 6.45) is 0.937. The van der Waals surface area contributed by atoms with Crippen molar-refractivity contribution in [3.8, 4) is 6.07 Å². The third-order valence-electron chi connectivity index (χ3n) is 3.09. The Morgan fingerprint density at radius 1 is 1.44 bits per heavy atom. The zero-order valence-corrected chi connectivity index (χ0v) is 11.8. The van der Waals surface area contributed by atoms with Crippen LogP contribution < -0.4 is 0 Å². The van der Waals surface area contributed by atoms with Crippen molar-refractivity contribution >= 4 is 11.3 Å². The zero-order chi connectivity index (χ0) is 13.0. The molecule has 1 aromatic rings. The first-order chi connectivity index (χ1) is 8.70. The van der Waals surface area contributed by atoms with Gasteiger partial charge in [0, 0.05) is 26.1 Å². The number of nitriles is 1. The van der Waals surface area contributed by atoms with Gasteiger partial charge in [-0.25, -0.2) is 4.98 Å². The summed E-state index contributed by atoms with van der Waals surface area (Å²) >= 11 is 1.55. The lowest BCUT2D eigenvalue weighted by molar-refractivity contribution is 0.0384. The molecule has 2 rings (SSSR count). The Morgan fingerprint density at radius 3 is 2.72 bits per heavy atom. The summed E-state index contributed by atoms with van der Waals surface area (Å²) in [5, 5.41) is 10.2. The van der Waals surface area contributed by atoms with Crippen LogP contribution in [-0.2, 0) is 11.2 Å². The molecular weight excluding hydrogens is 246 g/mol. The first kappa shape index (κ1) is 13.5. The molecule has 1 fully saturated rings. The number of rotatable bonds is 4. The van der Waals surface area contributed by atoms with E-state index in [0.29, 0.717) is 5.92 Å². The summed E-state index contributed by atoms with van der Waals surface area (Å²) in [6.45, 7) is 8.86. The molecule has 0 aromatic carbocycles. The minimum Gasteiger partial charge on any atom is -0.379 e. The topological polar surface area (TPSA) is 49.2 Å². The van der Waals surface area contributed by atoms with Gasteiger partial charge in [0.15, 0.2) is 0 Å². The van der Waals surface area contributed by atoms with E-state index >= 15 is 0 Å². The second-order valence-electron chi connectivity index (χ2n) is 4.79. The minimum absolute atomic E-state index is 0.327. The number of aromatic nitrogens is 1. The quantitative estimate of drug-likeness (QED) is 0.835. The van der Waals surface area contributed by atoms with Crippen LogP contribution in [0.25, 0.3) is 0 Å². The van der Waals surface area contributed by atoms with Crippen molar-refractivity contribution in [1.82, 2.24) is 9.88 Å². The molecule has 1 aromatic heterocycles. The predicted molar refractivity (Wildman–Crippen MR) is 71.9 cm³/mol. The molecule has 1 saturated heterocycles. The summed E-state index contributed by atoms with van der Waals surface area (Å²) in [5.74, 6) is 0.327. The summed E-state index contributed by atoms with van der Waals surface area (Å²) < 4.78 is 5.33. The number of hydrogen-bond acceptors (Lipinski definition) is 5. The Balaban J connectivity index is 1.95. The second-order valence-corrected chi connectivity index (χ2v) is 5.88. The molecule has 18 heavy (non-hydrogen) atoms. The van der Waals surface area contributed by atoms with E-state index in [-0.39, 0.29) is 0 Å². The average Bonchev–Trinajstić information content (AvgIpc) is 2.81. The highest BCUT2D eigenvalue weighted by atomic mass is 32.1. The lowest BCUT2D eigenvalue weighted by atomic mass is 10.1. The van der Waals surface area contributed by atoms with Gasteiger partial charge in [-0.1, -0.05) is 13.8 Å². The van der Waals surface area contributed by atoms with Crippen LogP contribution in [0.4, 0.5) is 0 Å². The lowest BCUT2D eigenvalue weighted by Gasteiger charge is -2.25. The van der Waals surface area contributed by atoms with E-state index in [1.165, 1.54) is 0 Å². The molecule has 1 aliphatic rings. The highest BCUT2D eigenvalue weighted by molar-refractivity contribution is 7.12. The first-order valence-electron chi connectivity index (χ1n) is 6.40. The maximum absolute atomic E-state index is 9.09. The van der Waals surface area contributed by atoms with Crippen LogP contribution in [0.2, 0.25) is 0 Å². The zero-order valence-electron chi connectivity index (χ0n) is 11.0. The van der Waals surface area contributed by atoms with Crippen LogP contribution in [0.5, 0.6) is 0 Å². The Labute approximate surface area is 112 Å². The van der Waals surface area contributed by atoms with Crippen LogP contribution in [0, 0.1) is 11.3 Å². The van der Waals surface area contributed by atoms with Gasteiger partial charge < -0.3 is 4.74 Å². The van der Waals surface area contributed by atoms with Crippen LogP contribution >= 0.6 is 11.3 Å². The first-order valence-corrected chi connectivity index (χ1v) is 7.22. The van der Waals surface area contributed by atoms with E-state index in [1.807, 2.05) is 0 Å². The minimum atomic E-state index is 0.327. The van der Waals surface area contributed by atoms with E-state index in [9.17, 15) is 0 Å². The third-order valence-corrected chi connectivity index (χ3v) is 4.13. The van der Waals surface area contributed by atoms with Crippen LogP contribution in [0.15, 0.2) is 0 Å². The summed E-state index contributed by atoms with van der Waals surface area (Å²) in [5.41, 5.74) is 0.958. The predicted octanol–water partition coefficient (Wildman–Crippen LogP) is 2.01. The fourth-order valence-corrected chi connectivity index (χ4v) is 3.04. The van der Waals surface area contributed by atoms with Gasteiger partial charge in [0.05, 0.1) is 23.9 Å². The molecular formula is C13H19N3OS. The highest BCUT2D eigenvalue weighted by Gasteiger charge is 2.15. The molecule has 98 valence electrons. The van der Waals surface area contributed by atoms with Crippen molar-refractivity contribution in [3.05, 3.63) is 15.6 Å². The summed E-state index contributed by atoms with van der Waals surface area (Å²) in [4.78, 5) is 7.78. The Hall–Kier alpha value is -0.960. The van der Waals surface area contributed by atoms with Gasteiger partial charge in [-0.3, -0.25) is 4.90 Å². The molecule has 1 aliphatic heterocycles. The Kier molecular flexibility index (Phi) is 4.70. The van der Waals surface area contributed by atoms with Gasteiger partial charge in [0.25, 0.3) is 0 Å². The standard InChI is InChI=1S/C13H19N3OS/c1-10(2)13-11(9-14)18-12(15-13)3-4-16-5-7-17-8-6-16/h10H,3-8H2,1-2H3. The molecule has 0 unspecified atom stereocenters. The summed E-state index contributed by atoms with van der Waals surface area (Å²) in [7, 11) is 0. The Morgan fingerprint density at radius 2 is 2.17 bits per heavy atom. The number of morpholine rings is 1. The van der Waals surface area contributed by atoms with Crippen LogP contribution in [-0.4, -0.2) is 42.7 Å². The second kappa shape index (κ2) is 6.28. The van der Waals surface area contributed by atoms with Crippen molar-refractivity contribution in [2.45, 2.75) is 26.2 Å². The van der Waals surface area contributed by atoms with Crippen molar-refractivity contribution in [2.24, 2.45) is 0 Å². The monoisotopic (exact) mass is 265 g/mol. The van der Waals surface area contributed by atoms with E-state index in [1.54, 1.807) is 11.3 Å². The maximum Gasteiger partial charge on any atom is 0.128 e. The maximum atomic E-state index is 9.09. The molecule has 2 heterocycles. The number of nitrogens with zero attached hydrogens (tertiary/aromatic N) is 3. The van der Waals surface area contributed by atoms with Crippen LogP contribution in [0.3, 0.4) is 0 Å². The molecule has 4 nitrogen and oxygen atoms in total. The van der Waals surface area contributed by atoms with Crippen molar-refractivity contribution in [3.63, 3.8) is 0 Å². The van der Waals surface area contributed by atoms with Crippen molar-refractivity contribution < 1.29 is 4.74 Å². The van der Waals surface area contributed by atoms with E-state index in [4.69, 9.17) is 10.00 Å². The van der Waals surface area contributed by atoms with Gasteiger partial charge in [-0.2, -0.15) is 5.26 Å². The average molecular weight is 265 g/mol. The normalized spacial score (nSPS) is 17.0. The third kappa shape index (κ3) is 3.29. The van der Waals surface area contributed by atoms with Gasteiger partial charge in [-0.15, -0.1) is 11.3 Å². The fourth-order valence-electron chi connectivity index (χ4n) is 2.03. The number of hydrogen-bond donors (Lipinski definition) is 0. The molecule has 0 radical (unpaired) electrons. The van der Waals surface area contributed by atoms with Gasteiger partial charge in [0.2, 0.25) is 0 Å². The molecule has 0 atom stereocenters. The number of ether oxygens (including phenoxy) is 1. The van der Waals surface area contributed by atoms with E-state index < -0.39 is 0 Å². The van der Waals surface area contributed by atoms with E-state index in [0.717, 1.165) is 54.8 Å². The molecule has 0 N–H and O–H groups in total. The van der Waals surface area contributed by atoms with Gasteiger partial charge in [0.1, 0.15) is 10.9 Å². The highest BCUT2D eigenvalue weighted by Crippen LogP contribution is 2.24. The smallest absolute Gasteiger partial charge is 0.128 e. The number of thiazole rings is 1. The van der Waals surface area contributed by atoms with Crippen molar-refractivity contribution in [2.75, 3.05) is 32.8 Å². The SMILES string of the molecule is CC(C)c1nc(CCN2CCOCC2)sc1C#N.